The van der Waals surface area contributed by atoms with Crippen molar-refractivity contribution < 1.29 is 19.8 Å². The number of hydrogen-bond donors (Lipinski definition) is 2. The van der Waals surface area contributed by atoms with Gasteiger partial charge in [-0.05, 0) is 31.4 Å². The summed E-state index contributed by atoms with van der Waals surface area (Å²) in [5, 5.41) is 18.9. The summed E-state index contributed by atoms with van der Waals surface area (Å²) >= 11 is 0. The van der Waals surface area contributed by atoms with Crippen molar-refractivity contribution in [2.24, 2.45) is 0 Å². The lowest BCUT2D eigenvalue weighted by molar-refractivity contribution is -0.0193. The molecule has 6 heteroatoms. The van der Waals surface area contributed by atoms with Gasteiger partial charge >= 0.3 is 5.97 Å². The molecule has 0 spiro atoms. The molecule has 20 heavy (non-hydrogen) atoms. The largest absolute Gasteiger partial charge is 0.477 e. The molecule has 1 saturated heterocycles. The summed E-state index contributed by atoms with van der Waals surface area (Å²) in [5.41, 5.74) is -0.375. The van der Waals surface area contributed by atoms with Crippen molar-refractivity contribution in [3.63, 3.8) is 0 Å². The Bertz CT molecular complexity index is 504. The Kier molecular flexibility index (Phi) is 4.04. The first kappa shape index (κ1) is 14.5. The Morgan fingerprint density at radius 3 is 2.45 bits per heavy atom. The molecule has 2 rings (SSSR count). The summed E-state index contributed by atoms with van der Waals surface area (Å²) in [5.74, 6) is -1.29. The summed E-state index contributed by atoms with van der Waals surface area (Å²) in [4.78, 5) is 28.4. The second-order valence-corrected chi connectivity index (χ2v) is 5.11. The maximum Gasteiger partial charge on any atom is 0.354 e. The SMILES string of the molecule is CCC1(O)CCN(C(=O)c2ccc(C(=O)O)nc2)CC1. The molecule has 0 atom stereocenters. The molecule has 1 fully saturated rings. The van der Waals surface area contributed by atoms with Crippen LogP contribution in [0.1, 0.15) is 47.0 Å². The van der Waals surface area contributed by atoms with E-state index >= 15 is 0 Å². The molecule has 2 N–H and O–H groups in total. The standard InChI is InChI=1S/C14H18N2O4/c1-2-14(20)5-7-16(8-6-14)12(17)10-3-4-11(13(18)19)15-9-10/h3-4,9,20H,2,5-8H2,1H3,(H,18,19). The zero-order valence-corrected chi connectivity index (χ0v) is 11.4. The van der Waals surface area contributed by atoms with Crippen molar-refractivity contribution in [2.75, 3.05) is 13.1 Å². The third-order valence-electron chi connectivity index (χ3n) is 3.87. The van der Waals surface area contributed by atoms with Crippen molar-refractivity contribution in [3.8, 4) is 0 Å². The zero-order chi connectivity index (χ0) is 14.8. The van der Waals surface area contributed by atoms with Gasteiger partial charge in [-0.3, -0.25) is 4.79 Å². The van der Waals surface area contributed by atoms with Crippen LogP contribution in [-0.2, 0) is 0 Å². The van der Waals surface area contributed by atoms with Crippen molar-refractivity contribution in [3.05, 3.63) is 29.6 Å². The quantitative estimate of drug-likeness (QED) is 0.865. The molecule has 0 unspecified atom stereocenters. The highest BCUT2D eigenvalue weighted by molar-refractivity contribution is 5.95. The molecule has 1 amide bonds. The third-order valence-corrected chi connectivity index (χ3v) is 3.87. The van der Waals surface area contributed by atoms with E-state index in [1.165, 1.54) is 18.3 Å². The number of carbonyl (C=O) groups is 2. The number of rotatable bonds is 3. The molecule has 1 aromatic rings. The molecule has 0 radical (unpaired) electrons. The molecule has 0 saturated carbocycles. The highest BCUT2D eigenvalue weighted by Crippen LogP contribution is 2.25. The molecule has 108 valence electrons. The Morgan fingerprint density at radius 2 is 2.00 bits per heavy atom. The number of aromatic carboxylic acids is 1. The average molecular weight is 278 g/mol. The van der Waals surface area contributed by atoms with Gasteiger partial charge < -0.3 is 15.1 Å². The lowest BCUT2D eigenvalue weighted by atomic mass is 9.89. The maximum atomic E-state index is 12.2. The van der Waals surface area contributed by atoms with Gasteiger partial charge in [0.05, 0.1) is 11.2 Å². The van der Waals surface area contributed by atoms with E-state index in [0.717, 1.165) is 0 Å². The number of carboxylic acids is 1. The highest BCUT2D eigenvalue weighted by Gasteiger charge is 2.32. The Balaban J connectivity index is 2.03. The Hall–Kier alpha value is -1.95. The van der Waals surface area contributed by atoms with Gasteiger partial charge in [0.2, 0.25) is 0 Å². The number of carbonyl (C=O) groups excluding carboxylic acids is 1. The van der Waals surface area contributed by atoms with E-state index in [4.69, 9.17) is 5.11 Å². The normalized spacial score (nSPS) is 17.8. The molecule has 0 aromatic carbocycles. The van der Waals surface area contributed by atoms with E-state index in [-0.39, 0.29) is 11.6 Å². The van der Waals surface area contributed by atoms with Crippen LogP contribution in [0.5, 0.6) is 0 Å². The van der Waals surface area contributed by atoms with Crippen LogP contribution in [0.25, 0.3) is 0 Å². The number of hydrogen-bond acceptors (Lipinski definition) is 4. The molecule has 1 aliphatic heterocycles. The number of nitrogens with zero attached hydrogens (tertiary/aromatic N) is 2. The second-order valence-electron chi connectivity index (χ2n) is 5.11. The van der Waals surface area contributed by atoms with Crippen molar-refractivity contribution in [2.45, 2.75) is 31.8 Å². The summed E-state index contributed by atoms with van der Waals surface area (Å²) < 4.78 is 0. The predicted octanol–water partition coefficient (Wildman–Crippen LogP) is 1.16. The first-order valence-corrected chi connectivity index (χ1v) is 6.66. The van der Waals surface area contributed by atoms with Crippen molar-refractivity contribution in [1.82, 2.24) is 9.88 Å². The zero-order valence-electron chi connectivity index (χ0n) is 11.4. The number of aliphatic hydroxyl groups is 1. The molecule has 0 bridgehead atoms. The number of aromatic nitrogens is 1. The van der Waals surface area contributed by atoms with E-state index in [9.17, 15) is 14.7 Å². The van der Waals surface area contributed by atoms with Gasteiger partial charge in [0.15, 0.2) is 0 Å². The van der Waals surface area contributed by atoms with E-state index in [0.29, 0.717) is 37.9 Å². The summed E-state index contributed by atoms with van der Waals surface area (Å²) in [7, 11) is 0. The molecular formula is C14H18N2O4. The lowest BCUT2D eigenvalue weighted by Gasteiger charge is -2.37. The van der Waals surface area contributed by atoms with Crippen molar-refractivity contribution in [1.29, 1.82) is 0 Å². The average Bonchev–Trinajstić information content (AvgIpc) is 2.47. The van der Waals surface area contributed by atoms with Gasteiger partial charge in [-0.25, -0.2) is 9.78 Å². The van der Waals surface area contributed by atoms with Crippen molar-refractivity contribution >= 4 is 11.9 Å². The van der Waals surface area contributed by atoms with Crippen LogP contribution < -0.4 is 0 Å². The topological polar surface area (TPSA) is 90.7 Å². The van der Waals surface area contributed by atoms with Gasteiger partial charge in [-0.1, -0.05) is 6.92 Å². The van der Waals surface area contributed by atoms with Gasteiger partial charge in [0, 0.05) is 19.3 Å². The van der Waals surface area contributed by atoms with E-state index in [1.54, 1.807) is 4.90 Å². The smallest absolute Gasteiger partial charge is 0.354 e. The molecule has 2 heterocycles. The number of pyridine rings is 1. The molecule has 0 aliphatic carbocycles. The molecule has 1 aliphatic rings. The summed E-state index contributed by atoms with van der Waals surface area (Å²) in [6.45, 7) is 2.94. The van der Waals surface area contributed by atoms with Crippen LogP contribution in [0.4, 0.5) is 0 Å². The first-order valence-electron chi connectivity index (χ1n) is 6.66. The minimum atomic E-state index is -1.12. The van der Waals surface area contributed by atoms with Gasteiger partial charge in [-0.15, -0.1) is 0 Å². The number of likely N-dealkylation sites (tertiary alicyclic amines) is 1. The lowest BCUT2D eigenvalue weighted by Crippen LogP contribution is -2.46. The monoisotopic (exact) mass is 278 g/mol. The van der Waals surface area contributed by atoms with Crippen LogP contribution in [0.3, 0.4) is 0 Å². The first-order chi connectivity index (χ1) is 9.45. The maximum absolute atomic E-state index is 12.2. The predicted molar refractivity (Wildman–Crippen MR) is 71.6 cm³/mol. The summed E-state index contributed by atoms with van der Waals surface area (Å²) in [6.07, 6.45) is 3.10. The number of piperidine rings is 1. The van der Waals surface area contributed by atoms with Crippen LogP contribution in [-0.4, -0.2) is 50.7 Å². The van der Waals surface area contributed by atoms with Crippen LogP contribution in [0.15, 0.2) is 18.3 Å². The van der Waals surface area contributed by atoms with Gasteiger partial charge in [-0.2, -0.15) is 0 Å². The fraction of sp³-hybridized carbons (Fsp3) is 0.500. The minimum Gasteiger partial charge on any atom is -0.477 e. The fourth-order valence-corrected chi connectivity index (χ4v) is 2.31. The van der Waals surface area contributed by atoms with Crippen LogP contribution >= 0.6 is 0 Å². The minimum absolute atomic E-state index is 0.0828. The van der Waals surface area contributed by atoms with Gasteiger partial charge in [0.25, 0.3) is 5.91 Å². The van der Waals surface area contributed by atoms with Crippen LogP contribution in [0.2, 0.25) is 0 Å². The van der Waals surface area contributed by atoms with Gasteiger partial charge in [0.1, 0.15) is 5.69 Å². The van der Waals surface area contributed by atoms with E-state index < -0.39 is 11.6 Å². The van der Waals surface area contributed by atoms with E-state index in [1.807, 2.05) is 6.92 Å². The summed E-state index contributed by atoms with van der Waals surface area (Å²) in [6, 6.07) is 2.79. The Morgan fingerprint density at radius 1 is 1.35 bits per heavy atom. The number of amides is 1. The molecule has 6 nitrogen and oxygen atoms in total. The third kappa shape index (κ3) is 2.96. The molecule has 1 aromatic heterocycles. The van der Waals surface area contributed by atoms with Crippen LogP contribution in [0, 0.1) is 0 Å². The second kappa shape index (κ2) is 5.58. The Labute approximate surface area is 117 Å². The van der Waals surface area contributed by atoms with E-state index in [2.05, 4.69) is 4.98 Å². The number of carboxylic acid groups (broad SMARTS) is 1. The fourth-order valence-electron chi connectivity index (χ4n) is 2.31. The highest BCUT2D eigenvalue weighted by atomic mass is 16.4. The molecular weight excluding hydrogens is 260 g/mol.